The van der Waals surface area contributed by atoms with Gasteiger partial charge >= 0.3 is 6.09 Å². The molecule has 0 radical (unpaired) electrons. The van der Waals surface area contributed by atoms with Crippen LogP contribution in [0.1, 0.15) is 36.7 Å². The molecule has 0 atom stereocenters. The van der Waals surface area contributed by atoms with E-state index in [0.29, 0.717) is 30.2 Å². The molecule has 0 spiro atoms. The maximum absolute atomic E-state index is 11.7. The van der Waals surface area contributed by atoms with Crippen LogP contribution in [0.3, 0.4) is 0 Å². The minimum atomic E-state index is -0.601. The van der Waals surface area contributed by atoms with Crippen molar-refractivity contribution in [2.75, 3.05) is 31.2 Å². The van der Waals surface area contributed by atoms with Gasteiger partial charge in [0.2, 0.25) is 5.91 Å². The smallest absolute Gasteiger partial charge is 0.407 e. The number of hydrogen-bond acceptors (Lipinski definition) is 7. The lowest BCUT2D eigenvalue weighted by Crippen LogP contribution is -2.32. The Morgan fingerprint density at radius 1 is 1.06 bits per heavy atom. The van der Waals surface area contributed by atoms with Crippen molar-refractivity contribution < 1.29 is 23.8 Å². The van der Waals surface area contributed by atoms with E-state index in [1.54, 1.807) is 40.0 Å². The summed E-state index contributed by atoms with van der Waals surface area (Å²) in [6.07, 6.45) is 3.12. The van der Waals surface area contributed by atoms with Crippen molar-refractivity contribution in [3.05, 3.63) is 59.7 Å². The van der Waals surface area contributed by atoms with E-state index in [0.717, 1.165) is 11.3 Å². The van der Waals surface area contributed by atoms with Crippen molar-refractivity contribution in [3.8, 4) is 11.5 Å². The lowest BCUT2D eigenvalue weighted by Gasteiger charge is -2.19. The van der Waals surface area contributed by atoms with Crippen molar-refractivity contribution in [3.63, 3.8) is 0 Å². The van der Waals surface area contributed by atoms with Crippen molar-refractivity contribution in [1.82, 2.24) is 5.32 Å². The third-order valence-electron chi connectivity index (χ3n) is 4.30. The fraction of sp³-hybridized carbons (Fsp3) is 0.333. The van der Waals surface area contributed by atoms with Crippen LogP contribution < -0.4 is 31.6 Å². The topological polar surface area (TPSA) is 138 Å². The summed E-state index contributed by atoms with van der Waals surface area (Å²) in [6, 6.07) is 10.5. The average Bonchev–Trinajstić information content (AvgIpc) is 2.74. The molecule has 0 saturated heterocycles. The Hall–Kier alpha value is -3.88. The molecule has 9 heteroatoms. The summed E-state index contributed by atoms with van der Waals surface area (Å²) in [5.74, 6) is 0.546. The molecule has 0 fully saturated rings. The van der Waals surface area contributed by atoms with Gasteiger partial charge < -0.3 is 36.3 Å². The molecule has 178 valence electrons. The van der Waals surface area contributed by atoms with Crippen molar-refractivity contribution in [1.29, 1.82) is 0 Å². The minimum absolute atomic E-state index is 0.250. The summed E-state index contributed by atoms with van der Waals surface area (Å²) in [4.78, 5) is 23.3. The van der Waals surface area contributed by atoms with Crippen LogP contribution in [0, 0.1) is 0 Å². The van der Waals surface area contributed by atoms with Gasteiger partial charge in [0.1, 0.15) is 29.4 Å². The SMILES string of the molecule is COc1ccc(COc2cc(C(N)=O)cc(N)c2NCC=CCNC(=O)OC(C)(C)C)cc1. The molecule has 9 nitrogen and oxygen atoms in total. The molecule has 0 heterocycles. The molecule has 2 rings (SSSR count). The molecule has 0 saturated carbocycles. The summed E-state index contributed by atoms with van der Waals surface area (Å²) in [5, 5.41) is 5.82. The normalized spacial score (nSPS) is 11.2. The highest BCUT2D eigenvalue weighted by molar-refractivity contribution is 5.96. The number of amides is 2. The predicted octanol–water partition coefficient (Wildman–Crippen LogP) is 3.45. The van der Waals surface area contributed by atoms with Gasteiger partial charge in [-0.15, -0.1) is 0 Å². The van der Waals surface area contributed by atoms with E-state index in [2.05, 4.69) is 10.6 Å². The number of nitrogen functional groups attached to an aromatic ring is 1. The molecule has 0 aliphatic heterocycles. The summed E-state index contributed by atoms with van der Waals surface area (Å²) in [7, 11) is 1.60. The molecule has 2 aromatic carbocycles. The van der Waals surface area contributed by atoms with Gasteiger partial charge in [0.25, 0.3) is 0 Å². The first-order chi connectivity index (χ1) is 15.6. The van der Waals surface area contributed by atoms with Gasteiger partial charge in [0.05, 0.1) is 12.8 Å². The number of ether oxygens (including phenoxy) is 3. The highest BCUT2D eigenvalue weighted by Crippen LogP contribution is 2.33. The number of primary amides is 1. The van der Waals surface area contributed by atoms with E-state index in [1.807, 2.05) is 30.3 Å². The van der Waals surface area contributed by atoms with Crippen LogP contribution in [0.15, 0.2) is 48.6 Å². The summed E-state index contributed by atoms with van der Waals surface area (Å²) in [6.45, 7) is 6.39. The Kier molecular flexibility index (Phi) is 8.97. The van der Waals surface area contributed by atoms with Crippen LogP contribution in [-0.4, -0.2) is 37.8 Å². The number of nitrogens with two attached hydrogens (primary N) is 2. The molecule has 2 aromatic rings. The molecule has 6 N–H and O–H groups in total. The number of benzene rings is 2. The summed E-state index contributed by atoms with van der Waals surface area (Å²) in [5.41, 5.74) is 13.0. The van der Waals surface area contributed by atoms with Crippen LogP contribution >= 0.6 is 0 Å². The first kappa shape index (κ1) is 25.4. The Morgan fingerprint density at radius 3 is 2.33 bits per heavy atom. The molecule has 2 amide bonds. The fourth-order valence-corrected chi connectivity index (χ4v) is 2.75. The number of hydrogen-bond donors (Lipinski definition) is 4. The van der Waals surface area contributed by atoms with Crippen molar-refractivity contribution in [2.45, 2.75) is 33.0 Å². The minimum Gasteiger partial charge on any atom is -0.497 e. The average molecular weight is 457 g/mol. The molecular formula is C24H32N4O5. The third kappa shape index (κ3) is 8.64. The first-order valence-electron chi connectivity index (χ1n) is 10.4. The second kappa shape index (κ2) is 11.7. The number of alkyl carbamates (subject to hydrolysis) is 1. The zero-order valence-electron chi connectivity index (χ0n) is 19.4. The van der Waals surface area contributed by atoms with Crippen LogP contribution in [0.4, 0.5) is 16.2 Å². The highest BCUT2D eigenvalue weighted by Gasteiger charge is 2.15. The second-order valence-electron chi connectivity index (χ2n) is 8.17. The number of methoxy groups -OCH3 is 1. The lowest BCUT2D eigenvalue weighted by atomic mass is 10.1. The molecule has 0 bridgehead atoms. The largest absolute Gasteiger partial charge is 0.497 e. The zero-order valence-corrected chi connectivity index (χ0v) is 19.4. The zero-order chi connectivity index (χ0) is 24.4. The number of carbonyl (C=O) groups excluding carboxylic acids is 2. The first-order valence-corrected chi connectivity index (χ1v) is 10.4. The maximum Gasteiger partial charge on any atom is 0.407 e. The van der Waals surface area contributed by atoms with E-state index in [9.17, 15) is 9.59 Å². The van der Waals surface area contributed by atoms with E-state index >= 15 is 0 Å². The standard InChI is InChI=1S/C24H32N4O5/c1-24(2,3)33-23(30)28-12-6-5-11-27-21-19(25)13-17(22(26)29)14-20(21)32-15-16-7-9-18(31-4)10-8-16/h5-10,13-14,27H,11-12,15,25H2,1-4H3,(H2,26,29)(H,28,30). The summed E-state index contributed by atoms with van der Waals surface area (Å²) >= 11 is 0. The van der Waals surface area contributed by atoms with Crippen LogP contribution in [0.25, 0.3) is 0 Å². The monoisotopic (exact) mass is 456 g/mol. The van der Waals surface area contributed by atoms with Crippen molar-refractivity contribution in [2.24, 2.45) is 5.73 Å². The van der Waals surface area contributed by atoms with E-state index in [1.165, 1.54) is 6.07 Å². The Morgan fingerprint density at radius 2 is 1.73 bits per heavy atom. The number of nitrogens with one attached hydrogen (secondary N) is 2. The van der Waals surface area contributed by atoms with E-state index in [-0.39, 0.29) is 12.2 Å². The van der Waals surface area contributed by atoms with Gasteiger partial charge in [-0.05, 0) is 50.6 Å². The van der Waals surface area contributed by atoms with Crippen LogP contribution in [0.5, 0.6) is 11.5 Å². The van der Waals surface area contributed by atoms with Crippen LogP contribution in [-0.2, 0) is 11.3 Å². The molecular weight excluding hydrogens is 424 g/mol. The highest BCUT2D eigenvalue weighted by atomic mass is 16.6. The Balaban J connectivity index is 2.01. The van der Waals surface area contributed by atoms with Gasteiger partial charge in [-0.2, -0.15) is 0 Å². The van der Waals surface area contributed by atoms with Gasteiger partial charge in [-0.1, -0.05) is 24.3 Å². The maximum atomic E-state index is 11.7. The van der Waals surface area contributed by atoms with Gasteiger partial charge in [0, 0.05) is 18.7 Å². The predicted molar refractivity (Wildman–Crippen MR) is 129 cm³/mol. The lowest BCUT2D eigenvalue weighted by molar-refractivity contribution is 0.0534. The number of carbonyl (C=O) groups is 2. The molecule has 0 aliphatic carbocycles. The Labute approximate surface area is 194 Å². The van der Waals surface area contributed by atoms with Crippen LogP contribution in [0.2, 0.25) is 0 Å². The number of anilines is 2. The molecule has 0 aromatic heterocycles. The van der Waals surface area contributed by atoms with E-state index in [4.69, 9.17) is 25.7 Å². The van der Waals surface area contributed by atoms with Crippen molar-refractivity contribution >= 4 is 23.4 Å². The molecule has 0 aliphatic rings. The second-order valence-corrected chi connectivity index (χ2v) is 8.17. The van der Waals surface area contributed by atoms with Gasteiger partial charge in [-0.25, -0.2) is 4.79 Å². The quantitative estimate of drug-likeness (QED) is 0.317. The fourth-order valence-electron chi connectivity index (χ4n) is 2.75. The third-order valence-corrected chi connectivity index (χ3v) is 4.30. The summed E-state index contributed by atoms with van der Waals surface area (Å²) < 4.78 is 16.3. The molecule has 0 unspecified atom stereocenters. The Bertz CT molecular complexity index is 982. The number of rotatable bonds is 10. The van der Waals surface area contributed by atoms with Gasteiger partial charge in [0.15, 0.2) is 0 Å². The van der Waals surface area contributed by atoms with E-state index < -0.39 is 17.6 Å². The molecule has 33 heavy (non-hydrogen) atoms. The van der Waals surface area contributed by atoms with Gasteiger partial charge in [-0.3, -0.25) is 4.79 Å².